The average molecular weight is 176 g/mol. The van der Waals surface area contributed by atoms with Crippen LogP contribution in [0.15, 0.2) is 17.3 Å². The van der Waals surface area contributed by atoms with E-state index in [1.165, 1.54) is 6.20 Å². The summed E-state index contributed by atoms with van der Waals surface area (Å²) in [5.41, 5.74) is 0.0760. The topological polar surface area (TPSA) is 62.5 Å². The lowest BCUT2D eigenvalue weighted by Crippen LogP contribution is -2.30. The van der Waals surface area contributed by atoms with Gasteiger partial charge in [0.25, 0.3) is 0 Å². The minimum Gasteiger partial charge on any atom is -0.477 e. The Morgan fingerprint density at radius 2 is 2.38 bits per heavy atom. The van der Waals surface area contributed by atoms with Crippen molar-refractivity contribution in [3.63, 3.8) is 0 Å². The monoisotopic (exact) mass is 176 g/mol. The molecule has 0 atom stereocenters. The van der Waals surface area contributed by atoms with Crippen molar-refractivity contribution >= 4 is 12.0 Å². The normalized spacial score (nSPS) is 13.8. The SMILES string of the molecule is O=C(O)c1cc2c(cn1)=NCCC=2. The molecule has 0 unspecified atom stereocenters. The zero-order valence-electron chi connectivity index (χ0n) is 6.90. The van der Waals surface area contributed by atoms with Crippen LogP contribution in [-0.2, 0) is 0 Å². The van der Waals surface area contributed by atoms with E-state index in [4.69, 9.17) is 5.11 Å². The highest BCUT2D eigenvalue weighted by atomic mass is 16.4. The molecule has 0 aliphatic carbocycles. The molecule has 4 nitrogen and oxygen atoms in total. The zero-order valence-corrected chi connectivity index (χ0v) is 6.90. The molecule has 66 valence electrons. The molecular weight excluding hydrogens is 168 g/mol. The highest BCUT2D eigenvalue weighted by Gasteiger charge is 2.04. The van der Waals surface area contributed by atoms with Gasteiger partial charge in [0.1, 0.15) is 5.69 Å². The summed E-state index contributed by atoms with van der Waals surface area (Å²) >= 11 is 0. The number of pyridine rings is 1. The van der Waals surface area contributed by atoms with Crippen molar-refractivity contribution < 1.29 is 9.90 Å². The molecule has 0 spiro atoms. The van der Waals surface area contributed by atoms with Gasteiger partial charge in [0.2, 0.25) is 0 Å². The minimum absolute atomic E-state index is 0.0760. The van der Waals surface area contributed by atoms with Crippen LogP contribution in [0.5, 0.6) is 0 Å². The van der Waals surface area contributed by atoms with Crippen LogP contribution in [-0.4, -0.2) is 22.6 Å². The first-order valence-electron chi connectivity index (χ1n) is 4.01. The summed E-state index contributed by atoms with van der Waals surface area (Å²) in [5, 5.41) is 10.3. The van der Waals surface area contributed by atoms with E-state index < -0.39 is 5.97 Å². The molecule has 0 fully saturated rings. The summed E-state index contributed by atoms with van der Waals surface area (Å²) in [5.74, 6) is -0.998. The molecule has 0 saturated heterocycles. The number of carbonyl (C=O) groups is 1. The maximum atomic E-state index is 10.6. The Morgan fingerprint density at radius 1 is 1.54 bits per heavy atom. The van der Waals surface area contributed by atoms with Crippen molar-refractivity contribution in [1.82, 2.24) is 4.98 Å². The fourth-order valence-electron chi connectivity index (χ4n) is 1.28. The van der Waals surface area contributed by atoms with E-state index in [1.807, 2.05) is 6.08 Å². The third-order valence-corrected chi connectivity index (χ3v) is 1.91. The standard InChI is InChI=1S/C9H8N2O2/c12-9(13)7-4-6-2-1-3-10-8(6)5-11-7/h2,4-5H,1,3H2,(H,12,13). The molecule has 1 aliphatic heterocycles. The molecule has 1 N–H and O–H groups in total. The number of carboxylic acid groups (broad SMARTS) is 1. The number of rotatable bonds is 1. The van der Waals surface area contributed by atoms with Gasteiger partial charge in [-0.1, -0.05) is 6.08 Å². The van der Waals surface area contributed by atoms with E-state index in [1.54, 1.807) is 6.07 Å². The molecule has 1 aromatic rings. The van der Waals surface area contributed by atoms with Gasteiger partial charge < -0.3 is 5.11 Å². The van der Waals surface area contributed by atoms with Crippen molar-refractivity contribution in [2.24, 2.45) is 4.99 Å². The molecule has 2 heterocycles. The second-order valence-electron chi connectivity index (χ2n) is 2.81. The lowest BCUT2D eigenvalue weighted by Gasteiger charge is -1.99. The van der Waals surface area contributed by atoms with Gasteiger partial charge in [0.15, 0.2) is 0 Å². The number of aromatic nitrogens is 1. The molecule has 0 amide bonds. The van der Waals surface area contributed by atoms with Crippen LogP contribution >= 0.6 is 0 Å². The number of fused-ring (bicyclic) bond motifs is 1. The van der Waals surface area contributed by atoms with E-state index >= 15 is 0 Å². The Hall–Kier alpha value is -1.71. The summed E-state index contributed by atoms with van der Waals surface area (Å²) in [6, 6.07) is 1.56. The number of aromatic carboxylic acids is 1. The summed E-state index contributed by atoms with van der Waals surface area (Å²) < 4.78 is 0. The number of hydrogen-bond donors (Lipinski definition) is 1. The van der Waals surface area contributed by atoms with Crippen molar-refractivity contribution in [3.8, 4) is 0 Å². The Kier molecular flexibility index (Phi) is 1.81. The van der Waals surface area contributed by atoms with Gasteiger partial charge in [-0.3, -0.25) is 4.99 Å². The molecule has 1 aliphatic rings. The van der Waals surface area contributed by atoms with Crippen LogP contribution in [0.25, 0.3) is 6.08 Å². The van der Waals surface area contributed by atoms with Gasteiger partial charge in [-0.15, -0.1) is 0 Å². The smallest absolute Gasteiger partial charge is 0.354 e. The van der Waals surface area contributed by atoms with Crippen molar-refractivity contribution in [3.05, 3.63) is 28.5 Å². The third-order valence-electron chi connectivity index (χ3n) is 1.91. The Balaban J connectivity index is 2.67. The fraction of sp³-hybridized carbons (Fsp3) is 0.222. The average Bonchev–Trinajstić information content (AvgIpc) is 2.17. The second kappa shape index (κ2) is 2.97. The molecule has 0 aromatic carbocycles. The first-order chi connectivity index (χ1) is 6.27. The van der Waals surface area contributed by atoms with Gasteiger partial charge in [-0.05, 0) is 17.7 Å². The van der Waals surface area contributed by atoms with Gasteiger partial charge >= 0.3 is 5.97 Å². The summed E-state index contributed by atoms with van der Waals surface area (Å²) in [4.78, 5) is 18.6. The highest BCUT2D eigenvalue weighted by molar-refractivity contribution is 5.85. The highest BCUT2D eigenvalue weighted by Crippen LogP contribution is 1.89. The van der Waals surface area contributed by atoms with Gasteiger partial charge in [0.05, 0.1) is 11.6 Å². The maximum Gasteiger partial charge on any atom is 0.354 e. The van der Waals surface area contributed by atoms with Crippen LogP contribution in [0.2, 0.25) is 0 Å². The molecule has 1 aromatic heterocycles. The van der Waals surface area contributed by atoms with Crippen molar-refractivity contribution in [2.45, 2.75) is 6.42 Å². The lowest BCUT2D eigenvalue weighted by molar-refractivity contribution is 0.0690. The van der Waals surface area contributed by atoms with E-state index in [9.17, 15) is 4.79 Å². The van der Waals surface area contributed by atoms with Gasteiger partial charge in [-0.2, -0.15) is 0 Å². The first-order valence-corrected chi connectivity index (χ1v) is 4.01. The fourth-order valence-corrected chi connectivity index (χ4v) is 1.28. The summed E-state index contributed by atoms with van der Waals surface area (Å²) in [7, 11) is 0. The van der Waals surface area contributed by atoms with Crippen LogP contribution < -0.4 is 10.6 Å². The van der Waals surface area contributed by atoms with Crippen molar-refractivity contribution in [2.75, 3.05) is 6.54 Å². The number of carboxylic acids is 1. The van der Waals surface area contributed by atoms with Crippen LogP contribution in [0.3, 0.4) is 0 Å². The van der Waals surface area contributed by atoms with Crippen LogP contribution in [0, 0.1) is 0 Å². The van der Waals surface area contributed by atoms with Gasteiger partial charge in [0, 0.05) is 6.54 Å². The lowest BCUT2D eigenvalue weighted by atomic mass is 10.2. The van der Waals surface area contributed by atoms with E-state index in [2.05, 4.69) is 9.98 Å². The summed E-state index contributed by atoms with van der Waals surface area (Å²) in [6.45, 7) is 0.765. The summed E-state index contributed by atoms with van der Waals surface area (Å²) in [6.07, 6.45) is 4.36. The molecule has 13 heavy (non-hydrogen) atoms. The predicted molar refractivity (Wildman–Crippen MR) is 45.9 cm³/mol. The second-order valence-corrected chi connectivity index (χ2v) is 2.81. The van der Waals surface area contributed by atoms with E-state index in [0.717, 1.165) is 23.5 Å². The van der Waals surface area contributed by atoms with Crippen LogP contribution in [0.4, 0.5) is 0 Å². The Bertz CT molecular complexity index is 465. The number of hydrogen-bond acceptors (Lipinski definition) is 3. The molecular formula is C9H8N2O2. The zero-order chi connectivity index (χ0) is 9.26. The van der Waals surface area contributed by atoms with E-state index in [0.29, 0.717) is 0 Å². The minimum atomic E-state index is -0.998. The van der Waals surface area contributed by atoms with Crippen LogP contribution in [0.1, 0.15) is 16.9 Å². The van der Waals surface area contributed by atoms with E-state index in [-0.39, 0.29) is 5.69 Å². The van der Waals surface area contributed by atoms with Crippen molar-refractivity contribution in [1.29, 1.82) is 0 Å². The Labute approximate surface area is 74.3 Å². The predicted octanol–water partition coefficient (Wildman–Crippen LogP) is -0.416. The maximum absolute atomic E-state index is 10.6. The quantitative estimate of drug-likeness (QED) is 0.632. The third kappa shape index (κ3) is 1.42. The molecule has 0 saturated carbocycles. The molecule has 0 bridgehead atoms. The van der Waals surface area contributed by atoms with Gasteiger partial charge in [-0.25, -0.2) is 9.78 Å². The largest absolute Gasteiger partial charge is 0.477 e. The Morgan fingerprint density at radius 3 is 3.15 bits per heavy atom. The molecule has 0 radical (unpaired) electrons. The molecule has 2 rings (SSSR count). The first kappa shape index (κ1) is 7.91. The molecule has 4 heteroatoms. The number of nitrogens with zero attached hydrogens (tertiary/aromatic N) is 2.